The highest BCUT2D eigenvalue weighted by Crippen LogP contribution is 2.86. The zero-order valence-corrected chi connectivity index (χ0v) is 17.8. The van der Waals surface area contributed by atoms with E-state index in [-0.39, 0.29) is 40.5 Å². The van der Waals surface area contributed by atoms with Crippen LogP contribution in [0.3, 0.4) is 0 Å². The van der Waals surface area contributed by atoms with Crippen molar-refractivity contribution in [3.8, 4) is 0 Å². The number of carbonyl (C=O) groups is 1. The van der Waals surface area contributed by atoms with Crippen molar-refractivity contribution in [2.24, 2.45) is 39.9 Å². The molecule has 29 heavy (non-hydrogen) atoms. The molecule has 2 spiro atoms. The van der Waals surface area contributed by atoms with Gasteiger partial charge in [0.2, 0.25) is 0 Å². The van der Waals surface area contributed by atoms with Crippen LogP contribution in [0.25, 0.3) is 0 Å². The first-order valence-electron chi connectivity index (χ1n) is 11.8. The minimum absolute atomic E-state index is 0.0912. The topological polar surface area (TPSA) is 59.0 Å². The molecular formula is C24H33NO4. The molecule has 5 nitrogen and oxygen atoms in total. The number of esters is 1. The Hall–Kier alpha value is -0.910. The number of aliphatic hydroxyl groups excluding tert-OH is 1. The number of rotatable bonds is 2. The molecule has 4 saturated heterocycles. The largest absolute Gasteiger partial charge is 0.462 e. The number of aliphatic hydroxyl groups is 1. The van der Waals surface area contributed by atoms with E-state index in [1.165, 1.54) is 19.8 Å². The second-order valence-electron chi connectivity index (χ2n) is 11.5. The average Bonchev–Trinajstić information content (AvgIpc) is 3.22. The molecule has 5 heteroatoms. The predicted molar refractivity (Wildman–Crippen MR) is 106 cm³/mol. The monoisotopic (exact) mass is 399 g/mol. The van der Waals surface area contributed by atoms with Gasteiger partial charge in [0.15, 0.2) is 0 Å². The minimum Gasteiger partial charge on any atom is -0.462 e. The smallest absolute Gasteiger partial charge is 0.302 e. The molecule has 158 valence electrons. The SMILES string of the molecule is C=C1[C@H]2C[C@@]3([C@@H]1O)[C@@H](C[C@@H]2OC(C)=O)[C@]12[C@@H]4CC[C@]5(C)[C@H]1C[C@H]3[C@H]2N(CC)[C@@H]5O4. The van der Waals surface area contributed by atoms with Crippen molar-refractivity contribution in [1.29, 1.82) is 0 Å². The summed E-state index contributed by atoms with van der Waals surface area (Å²) in [5.74, 6) is 1.46. The van der Waals surface area contributed by atoms with Crippen LogP contribution in [0.15, 0.2) is 12.2 Å². The number of fused-ring (bicyclic) bond motifs is 2. The molecule has 0 aromatic carbocycles. The van der Waals surface area contributed by atoms with Crippen molar-refractivity contribution in [3.05, 3.63) is 12.2 Å². The molecular weight excluding hydrogens is 366 g/mol. The molecule has 0 aromatic rings. The average molecular weight is 400 g/mol. The summed E-state index contributed by atoms with van der Waals surface area (Å²) < 4.78 is 12.7. The summed E-state index contributed by atoms with van der Waals surface area (Å²) in [5, 5.41) is 11.6. The Morgan fingerprint density at radius 3 is 2.90 bits per heavy atom. The highest BCUT2D eigenvalue weighted by atomic mass is 16.5. The minimum atomic E-state index is -0.465. The molecule has 0 aromatic heterocycles. The van der Waals surface area contributed by atoms with Crippen LogP contribution in [-0.2, 0) is 14.3 Å². The van der Waals surface area contributed by atoms with Crippen molar-refractivity contribution in [2.75, 3.05) is 6.54 Å². The second kappa shape index (κ2) is 4.94. The van der Waals surface area contributed by atoms with Crippen LogP contribution in [0.5, 0.6) is 0 Å². The van der Waals surface area contributed by atoms with Crippen LogP contribution < -0.4 is 0 Å². The predicted octanol–water partition coefficient (Wildman–Crippen LogP) is 2.73. The van der Waals surface area contributed by atoms with Crippen molar-refractivity contribution in [2.45, 2.75) is 83.5 Å². The summed E-state index contributed by atoms with van der Waals surface area (Å²) in [6, 6.07) is 0.511. The van der Waals surface area contributed by atoms with E-state index in [1.54, 1.807) is 0 Å². The van der Waals surface area contributed by atoms with Crippen LogP contribution in [0.1, 0.15) is 52.9 Å². The van der Waals surface area contributed by atoms with Gasteiger partial charge in [-0.1, -0.05) is 20.4 Å². The third-order valence-electron chi connectivity index (χ3n) is 11.3. The van der Waals surface area contributed by atoms with E-state index in [9.17, 15) is 9.90 Å². The number of hydrogen-bond donors (Lipinski definition) is 1. The van der Waals surface area contributed by atoms with E-state index < -0.39 is 6.10 Å². The molecule has 9 rings (SSSR count). The first-order valence-corrected chi connectivity index (χ1v) is 11.8. The molecule has 0 amide bonds. The standard InChI is InChI=1S/C24H33NO4/c1-5-25-19-14-8-16-22(4)7-6-18(29-21(22)25)24(16,19)17-9-15(28-12(3)26)13-10-23(14,17)20(27)11(13)2/h13-21,27H,2,5-10H2,1,3-4H3/t13-,14+,15+,16-,17-,18+,19-,20-,21-,22-,23+,24+/m1/s1. The first kappa shape index (κ1) is 17.7. The molecule has 9 fully saturated rings. The van der Waals surface area contributed by atoms with Crippen molar-refractivity contribution in [1.82, 2.24) is 4.90 Å². The molecule has 0 unspecified atom stereocenters. The van der Waals surface area contributed by atoms with E-state index in [1.807, 2.05) is 0 Å². The molecule has 9 aliphatic rings. The van der Waals surface area contributed by atoms with Crippen molar-refractivity contribution in [3.63, 3.8) is 0 Å². The molecule has 5 aliphatic carbocycles. The van der Waals surface area contributed by atoms with Gasteiger partial charge in [-0.05, 0) is 62.0 Å². The van der Waals surface area contributed by atoms with Crippen LogP contribution in [0.4, 0.5) is 0 Å². The summed E-state index contributed by atoms with van der Waals surface area (Å²) in [7, 11) is 0. The van der Waals surface area contributed by atoms with Gasteiger partial charge in [0.25, 0.3) is 0 Å². The highest BCUT2D eigenvalue weighted by Gasteiger charge is 2.89. The van der Waals surface area contributed by atoms with Gasteiger partial charge in [-0.15, -0.1) is 0 Å². The third kappa shape index (κ3) is 1.52. The lowest BCUT2D eigenvalue weighted by Gasteiger charge is -2.73. The lowest BCUT2D eigenvalue weighted by molar-refractivity contribution is -0.372. The highest BCUT2D eigenvalue weighted by molar-refractivity contribution is 5.66. The fourth-order valence-corrected chi connectivity index (χ4v) is 10.8. The van der Waals surface area contributed by atoms with Crippen LogP contribution in [0.2, 0.25) is 0 Å². The maximum atomic E-state index is 11.9. The summed E-state index contributed by atoms with van der Waals surface area (Å²) in [5.41, 5.74) is 1.15. The molecule has 5 saturated carbocycles. The van der Waals surface area contributed by atoms with E-state index in [4.69, 9.17) is 9.47 Å². The summed E-state index contributed by atoms with van der Waals surface area (Å²) in [6.45, 7) is 11.6. The van der Waals surface area contributed by atoms with E-state index in [0.717, 1.165) is 31.4 Å². The Kier molecular flexibility index (Phi) is 3.02. The van der Waals surface area contributed by atoms with Crippen LogP contribution >= 0.6 is 0 Å². The Balaban J connectivity index is 1.44. The van der Waals surface area contributed by atoms with E-state index in [2.05, 4.69) is 25.3 Å². The number of hydrogen-bond acceptors (Lipinski definition) is 5. The number of carbonyl (C=O) groups excluding carboxylic acids is 1. The normalized spacial score (nSPS) is 63.3. The fraction of sp³-hybridized carbons (Fsp3) is 0.875. The van der Waals surface area contributed by atoms with E-state index >= 15 is 0 Å². The lowest BCUT2D eigenvalue weighted by atomic mass is 9.41. The van der Waals surface area contributed by atoms with Gasteiger partial charge in [0.05, 0.1) is 12.2 Å². The van der Waals surface area contributed by atoms with Gasteiger partial charge < -0.3 is 14.6 Å². The Bertz CT molecular complexity index is 843. The van der Waals surface area contributed by atoms with Gasteiger partial charge in [-0.3, -0.25) is 9.69 Å². The third-order valence-corrected chi connectivity index (χ3v) is 11.3. The van der Waals surface area contributed by atoms with E-state index in [0.29, 0.717) is 29.9 Å². The fourth-order valence-electron chi connectivity index (χ4n) is 10.8. The molecule has 0 radical (unpaired) electrons. The molecule has 4 heterocycles. The Labute approximate surface area is 172 Å². The second-order valence-corrected chi connectivity index (χ2v) is 11.5. The Morgan fingerprint density at radius 2 is 2.17 bits per heavy atom. The molecule has 4 aliphatic heterocycles. The summed E-state index contributed by atoms with van der Waals surface area (Å²) in [6.07, 6.45) is 5.41. The molecule has 1 N–H and O–H groups in total. The van der Waals surface area contributed by atoms with Crippen LogP contribution in [0, 0.1) is 39.9 Å². The van der Waals surface area contributed by atoms with Gasteiger partial charge >= 0.3 is 5.97 Å². The van der Waals surface area contributed by atoms with Crippen molar-refractivity contribution >= 4 is 5.97 Å². The van der Waals surface area contributed by atoms with Gasteiger partial charge in [0.1, 0.15) is 12.3 Å². The number of piperidine rings is 1. The molecule has 9 bridgehead atoms. The van der Waals surface area contributed by atoms with Gasteiger partial charge in [-0.25, -0.2) is 0 Å². The summed E-state index contributed by atoms with van der Waals surface area (Å²) in [4.78, 5) is 14.6. The number of ether oxygens (including phenoxy) is 2. The van der Waals surface area contributed by atoms with Crippen molar-refractivity contribution < 1.29 is 19.4 Å². The van der Waals surface area contributed by atoms with Gasteiger partial charge in [0, 0.05) is 35.1 Å². The number of nitrogens with zero attached hydrogens (tertiary/aromatic N) is 1. The van der Waals surface area contributed by atoms with Gasteiger partial charge in [-0.2, -0.15) is 0 Å². The zero-order valence-electron chi connectivity index (χ0n) is 17.8. The maximum absolute atomic E-state index is 11.9. The quantitative estimate of drug-likeness (QED) is 0.572. The molecule has 12 atom stereocenters. The zero-order chi connectivity index (χ0) is 20.1. The Morgan fingerprint density at radius 1 is 1.38 bits per heavy atom. The first-order chi connectivity index (χ1) is 13.8. The maximum Gasteiger partial charge on any atom is 0.302 e. The van der Waals surface area contributed by atoms with Crippen LogP contribution in [-0.4, -0.2) is 53.1 Å². The summed E-state index contributed by atoms with van der Waals surface area (Å²) >= 11 is 0. The lowest BCUT2D eigenvalue weighted by Crippen LogP contribution is -2.78.